The molecule has 1 N–H and O–H groups in total. The van der Waals surface area contributed by atoms with Crippen LogP contribution in [0, 0.1) is 6.92 Å². The van der Waals surface area contributed by atoms with Gasteiger partial charge in [0.15, 0.2) is 0 Å². The van der Waals surface area contributed by atoms with Gasteiger partial charge in [0, 0.05) is 19.0 Å². The maximum Gasteiger partial charge on any atom is 0.137 e. The predicted octanol–water partition coefficient (Wildman–Crippen LogP) is 2.93. The zero-order valence-electron chi connectivity index (χ0n) is 12.8. The lowest BCUT2D eigenvalue weighted by Crippen LogP contribution is -2.45. The number of fused-ring (bicyclic) bond motifs is 1. The molecule has 0 radical (unpaired) electrons. The molecule has 0 saturated heterocycles. The molecule has 0 spiro atoms. The van der Waals surface area contributed by atoms with E-state index >= 15 is 0 Å². The van der Waals surface area contributed by atoms with Crippen molar-refractivity contribution in [2.45, 2.75) is 31.8 Å². The summed E-state index contributed by atoms with van der Waals surface area (Å²) in [5, 5.41) is 4.42. The molecule has 0 amide bonds. The second kappa shape index (κ2) is 5.48. The van der Waals surface area contributed by atoms with Crippen molar-refractivity contribution in [3.05, 3.63) is 24.0 Å². The molecule has 5 nitrogen and oxygen atoms in total. The smallest absolute Gasteiger partial charge is 0.137 e. The second-order valence-electron chi connectivity index (χ2n) is 5.60. The lowest BCUT2D eigenvalue weighted by molar-refractivity contribution is -0.0601. The minimum atomic E-state index is -0.0377. The van der Waals surface area contributed by atoms with Gasteiger partial charge in [-0.05, 0) is 44.4 Å². The van der Waals surface area contributed by atoms with Crippen molar-refractivity contribution in [2.75, 3.05) is 26.1 Å². The highest BCUT2D eigenvalue weighted by Gasteiger charge is 2.36. The molecule has 1 heterocycles. The lowest BCUT2D eigenvalue weighted by atomic mass is 9.80. The zero-order chi connectivity index (χ0) is 14.9. The number of rotatable bonds is 5. The quantitative estimate of drug-likeness (QED) is 0.916. The van der Waals surface area contributed by atoms with E-state index in [9.17, 15) is 0 Å². The molecule has 3 rings (SSSR count). The molecule has 1 fully saturated rings. The highest BCUT2D eigenvalue weighted by Crippen LogP contribution is 2.35. The molecule has 1 aromatic heterocycles. The van der Waals surface area contributed by atoms with E-state index in [1.807, 2.05) is 25.1 Å². The molecule has 112 valence electrons. The SMILES string of the molecule is COc1ccc2nc(C)nc(NCC3(OC)CCC3)c2c1. The molecule has 1 saturated carbocycles. The normalized spacial score (nSPS) is 16.5. The summed E-state index contributed by atoms with van der Waals surface area (Å²) in [6.07, 6.45) is 3.43. The van der Waals surface area contributed by atoms with Gasteiger partial charge in [-0.25, -0.2) is 9.97 Å². The third-order valence-electron chi connectivity index (χ3n) is 4.29. The molecular weight excluding hydrogens is 266 g/mol. The van der Waals surface area contributed by atoms with Crippen molar-refractivity contribution >= 4 is 16.7 Å². The Morgan fingerprint density at radius 2 is 2.05 bits per heavy atom. The van der Waals surface area contributed by atoms with Crippen LogP contribution >= 0.6 is 0 Å². The molecule has 0 unspecified atom stereocenters. The molecule has 1 aliphatic carbocycles. The summed E-state index contributed by atoms with van der Waals surface area (Å²) in [4.78, 5) is 9.01. The molecule has 1 aromatic carbocycles. The van der Waals surface area contributed by atoms with Crippen LogP contribution in [0.1, 0.15) is 25.1 Å². The molecule has 1 aliphatic rings. The highest BCUT2D eigenvalue weighted by atomic mass is 16.5. The third kappa shape index (κ3) is 2.65. The van der Waals surface area contributed by atoms with Crippen molar-refractivity contribution in [1.82, 2.24) is 9.97 Å². The fourth-order valence-corrected chi connectivity index (χ4v) is 2.75. The first-order chi connectivity index (χ1) is 10.2. The van der Waals surface area contributed by atoms with Crippen LogP contribution in [0.3, 0.4) is 0 Å². The van der Waals surface area contributed by atoms with Crippen LogP contribution in [0.4, 0.5) is 5.82 Å². The van der Waals surface area contributed by atoms with Crippen molar-refractivity contribution in [3.8, 4) is 5.75 Å². The molecule has 0 bridgehead atoms. The van der Waals surface area contributed by atoms with Gasteiger partial charge in [0.1, 0.15) is 17.4 Å². The number of hydrogen-bond acceptors (Lipinski definition) is 5. The van der Waals surface area contributed by atoms with Crippen molar-refractivity contribution < 1.29 is 9.47 Å². The number of nitrogens with zero attached hydrogens (tertiary/aromatic N) is 2. The van der Waals surface area contributed by atoms with Gasteiger partial charge in [-0.2, -0.15) is 0 Å². The van der Waals surface area contributed by atoms with Gasteiger partial charge in [0.25, 0.3) is 0 Å². The Bertz CT molecular complexity index is 648. The van der Waals surface area contributed by atoms with Crippen LogP contribution in [-0.2, 0) is 4.74 Å². The number of hydrogen-bond donors (Lipinski definition) is 1. The Kier molecular flexibility index (Phi) is 3.68. The van der Waals surface area contributed by atoms with Gasteiger partial charge in [-0.3, -0.25) is 0 Å². The van der Waals surface area contributed by atoms with E-state index in [2.05, 4.69) is 15.3 Å². The van der Waals surface area contributed by atoms with Crippen molar-refractivity contribution in [3.63, 3.8) is 0 Å². The van der Waals surface area contributed by atoms with E-state index < -0.39 is 0 Å². The number of anilines is 1. The standard InChI is InChI=1S/C16H21N3O2/c1-11-18-14-6-5-12(20-2)9-13(14)15(19-11)17-10-16(21-3)7-4-8-16/h5-6,9H,4,7-8,10H2,1-3H3,(H,17,18,19). The summed E-state index contributed by atoms with van der Waals surface area (Å²) in [6, 6.07) is 5.85. The summed E-state index contributed by atoms with van der Waals surface area (Å²) in [7, 11) is 3.45. The second-order valence-corrected chi connectivity index (χ2v) is 5.60. The molecule has 0 aliphatic heterocycles. The number of methoxy groups -OCH3 is 2. The maximum absolute atomic E-state index is 5.65. The van der Waals surface area contributed by atoms with E-state index in [0.717, 1.165) is 47.7 Å². The Labute approximate surface area is 124 Å². The number of aryl methyl sites for hydroxylation is 1. The summed E-state index contributed by atoms with van der Waals surface area (Å²) in [5.74, 6) is 2.41. The van der Waals surface area contributed by atoms with Gasteiger partial charge in [-0.15, -0.1) is 0 Å². The minimum absolute atomic E-state index is 0.0377. The molecule has 5 heteroatoms. The molecular formula is C16H21N3O2. The van der Waals surface area contributed by atoms with Gasteiger partial charge < -0.3 is 14.8 Å². The minimum Gasteiger partial charge on any atom is -0.497 e. The number of ether oxygens (including phenoxy) is 2. The molecule has 21 heavy (non-hydrogen) atoms. The number of benzene rings is 1. The first-order valence-electron chi connectivity index (χ1n) is 7.27. The fraction of sp³-hybridized carbons (Fsp3) is 0.500. The van der Waals surface area contributed by atoms with Crippen LogP contribution < -0.4 is 10.1 Å². The fourth-order valence-electron chi connectivity index (χ4n) is 2.75. The predicted molar refractivity (Wildman–Crippen MR) is 82.9 cm³/mol. The Morgan fingerprint density at radius 1 is 1.24 bits per heavy atom. The van der Waals surface area contributed by atoms with Gasteiger partial charge >= 0.3 is 0 Å². The highest BCUT2D eigenvalue weighted by molar-refractivity contribution is 5.90. The van der Waals surface area contributed by atoms with Crippen LogP contribution in [0.5, 0.6) is 5.75 Å². The van der Waals surface area contributed by atoms with E-state index in [1.165, 1.54) is 6.42 Å². The Balaban J connectivity index is 1.92. The summed E-state index contributed by atoms with van der Waals surface area (Å²) in [5.41, 5.74) is 0.884. The van der Waals surface area contributed by atoms with E-state index in [4.69, 9.17) is 9.47 Å². The largest absolute Gasteiger partial charge is 0.497 e. The first kappa shape index (κ1) is 14.1. The van der Waals surface area contributed by atoms with Gasteiger partial charge in [0.05, 0.1) is 18.2 Å². The van der Waals surface area contributed by atoms with E-state index in [0.29, 0.717) is 0 Å². The van der Waals surface area contributed by atoms with Crippen LogP contribution in [-0.4, -0.2) is 36.3 Å². The van der Waals surface area contributed by atoms with E-state index in [1.54, 1.807) is 14.2 Å². The third-order valence-corrected chi connectivity index (χ3v) is 4.29. The summed E-state index contributed by atoms with van der Waals surface area (Å²) < 4.78 is 11.0. The molecule has 0 atom stereocenters. The summed E-state index contributed by atoms with van der Waals surface area (Å²) >= 11 is 0. The zero-order valence-corrected chi connectivity index (χ0v) is 12.8. The average molecular weight is 287 g/mol. The van der Waals surface area contributed by atoms with Crippen LogP contribution in [0.25, 0.3) is 10.9 Å². The lowest BCUT2D eigenvalue weighted by Gasteiger charge is -2.40. The topological polar surface area (TPSA) is 56.3 Å². The van der Waals surface area contributed by atoms with Gasteiger partial charge in [-0.1, -0.05) is 0 Å². The van der Waals surface area contributed by atoms with E-state index in [-0.39, 0.29) is 5.60 Å². The average Bonchev–Trinajstić information content (AvgIpc) is 2.46. The van der Waals surface area contributed by atoms with Crippen molar-refractivity contribution in [2.24, 2.45) is 0 Å². The first-order valence-corrected chi connectivity index (χ1v) is 7.27. The van der Waals surface area contributed by atoms with Crippen molar-refractivity contribution in [1.29, 1.82) is 0 Å². The molecule has 2 aromatic rings. The Morgan fingerprint density at radius 3 is 2.67 bits per heavy atom. The monoisotopic (exact) mass is 287 g/mol. The van der Waals surface area contributed by atoms with Crippen LogP contribution in [0.2, 0.25) is 0 Å². The van der Waals surface area contributed by atoms with Crippen LogP contribution in [0.15, 0.2) is 18.2 Å². The number of aromatic nitrogens is 2. The Hall–Kier alpha value is -1.88. The maximum atomic E-state index is 5.65. The van der Waals surface area contributed by atoms with Gasteiger partial charge in [0.2, 0.25) is 0 Å². The summed E-state index contributed by atoms with van der Waals surface area (Å²) in [6.45, 7) is 2.68. The number of nitrogens with one attached hydrogen (secondary N) is 1.